The molecule has 0 saturated heterocycles. The minimum Gasteiger partial charge on any atom is -0.454 e. The zero-order valence-corrected chi connectivity index (χ0v) is 9.80. The number of fused-ring (bicyclic) bond motifs is 1. The number of benzene rings is 1. The normalized spacial score (nSPS) is 14.5. The van der Waals surface area contributed by atoms with E-state index in [9.17, 15) is 8.78 Å². The number of nitrogens with two attached hydrogens (primary N) is 1. The molecular formula is C12H15F2NO2. The Balaban J connectivity index is 2.42. The van der Waals surface area contributed by atoms with Crippen molar-refractivity contribution < 1.29 is 18.3 Å². The molecule has 0 aromatic heterocycles. The summed E-state index contributed by atoms with van der Waals surface area (Å²) in [6.45, 7) is 3.67. The predicted octanol–water partition coefficient (Wildman–Crippen LogP) is 2.63. The molecule has 94 valence electrons. The molecule has 0 amide bonds. The standard InChI is InChI=1S/C12H15F2NO2/c1-12(2,15)5-7-3-9-10(17-6-16-9)4-8(7)11(13)14/h3-4,11H,5-6,15H2,1-2H3. The molecule has 0 bridgehead atoms. The van der Waals surface area contributed by atoms with E-state index in [1.807, 2.05) is 0 Å². The highest BCUT2D eigenvalue weighted by Gasteiger charge is 2.24. The van der Waals surface area contributed by atoms with E-state index in [0.29, 0.717) is 23.5 Å². The lowest BCUT2D eigenvalue weighted by Gasteiger charge is -2.20. The molecule has 17 heavy (non-hydrogen) atoms. The van der Waals surface area contributed by atoms with E-state index < -0.39 is 12.0 Å². The summed E-state index contributed by atoms with van der Waals surface area (Å²) in [5.41, 5.74) is 5.80. The van der Waals surface area contributed by atoms with Crippen LogP contribution in [0.5, 0.6) is 11.5 Å². The second-order valence-corrected chi connectivity index (χ2v) is 4.87. The van der Waals surface area contributed by atoms with Gasteiger partial charge in [0.05, 0.1) is 0 Å². The van der Waals surface area contributed by atoms with Crippen LogP contribution in [0.25, 0.3) is 0 Å². The molecule has 0 radical (unpaired) electrons. The van der Waals surface area contributed by atoms with Crippen molar-refractivity contribution in [3.8, 4) is 11.5 Å². The number of ether oxygens (including phenoxy) is 2. The second kappa shape index (κ2) is 4.14. The molecule has 1 aliphatic heterocycles. The molecule has 0 unspecified atom stereocenters. The minimum absolute atomic E-state index is 0.0345. The maximum absolute atomic E-state index is 12.9. The third-order valence-corrected chi connectivity index (χ3v) is 2.52. The summed E-state index contributed by atoms with van der Waals surface area (Å²) in [4.78, 5) is 0. The van der Waals surface area contributed by atoms with Crippen molar-refractivity contribution >= 4 is 0 Å². The fourth-order valence-corrected chi connectivity index (χ4v) is 1.85. The van der Waals surface area contributed by atoms with Crippen molar-refractivity contribution in [3.05, 3.63) is 23.3 Å². The van der Waals surface area contributed by atoms with Crippen molar-refractivity contribution in [1.29, 1.82) is 0 Å². The molecule has 2 N–H and O–H groups in total. The van der Waals surface area contributed by atoms with Gasteiger partial charge in [-0.25, -0.2) is 8.78 Å². The number of hydrogen-bond donors (Lipinski definition) is 1. The zero-order chi connectivity index (χ0) is 12.6. The average molecular weight is 243 g/mol. The molecular weight excluding hydrogens is 228 g/mol. The van der Waals surface area contributed by atoms with E-state index in [4.69, 9.17) is 15.2 Å². The SMILES string of the molecule is CC(C)(N)Cc1cc2c(cc1C(F)F)OCO2. The van der Waals surface area contributed by atoms with Crippen LogP contribution in [0.3, 0.4) is 0 Å². The van der Waals surface area contributed by atoms with E-state index in [0.717, 1.165) is 0 Å². The van der Waals surface area contributed by atoms with E-state index in [1.54, 1.807) is 19.9 Å². The van der Waals surface area contributed by atoms with Crippen LogP contribution in [-0.4, -0.2) is 12.3 Å². The third-order valence-electron chi connectivity index (χ3n) is 2.52. The van der Waals surface area contributed by atoms with E-state index >= 15 is 0 Å². The van der Waals surface area contributed by atoms with Gasteiger partial charge in [0.1, 0.15) is 0 Å². The summed E-state index contributed by atoms with van der Waals surface area (Å²) < 4.78 is 36.1. The van der Waals surface area contributed by atoms with Crippen LogP contribution < -0.4 is 15.2 Å². The van der Waals surface area contributed by atoms with Crippen LogP contribution >= 0.6 is 0 Å². The quantitative estimate of drug-likeness (QED) is 0.887. The Morgan fingerprint density at radius 1 is 1.29 bits per heavy atom. The number of hydrogen-bond acceptors (Lipinski definition) is 3. The smallest absolute Gasteiger partial charge is 0.264 e. The summed E-state index contributed by atoms with van der Waals surface area (Å²) in [5.74, 6) is 0.882. The highest BCUT2D eigenvalue weighted by atomic mass is 19.3. The van der Waals surface area contributed by atoms with Crippen LogP contribution in [0, 0.1) is 0 Å². The molecule has 2 rings (SSSR count). The van der Waals surface area contributed by atoms with Gasteiger partial charge in [0, 0.05) is 11.1 Å². The summed E-state index contributed by atoms with van der Waals surface area (Å²) >= 11 is 0. The Kier molecular flexibility index (Phi) is 2.95. The summed E-state index contributed by atoms with van der Waals surface area (Å²) in [7, 11) is 0. The lowest BCUT2D eigenvalue weighted by Crippen LogP contribution is -2.34. The fourth-order valence-electron chi connectivity index (χ4n) is 1.85. The number of halogens is 2. The first-order valence-electron chi connectivity index (χ1n) is 5.36. The van der Waals surface area contributed by atoms with Gasteiger partial charge < -0.3 is 15.2 Å². The molecule has 0 atom stereocenters. The number of rotatable bonds is 3. The van der Waals surface area contributed by atoms with Crippen molar-refractivity contribution in [2.24, 2.45) is 5.73 Å². The fraction of sp³-hybridized carbons (Fsp3) is 0.500. The molecule has 1 aliphatic rings. The van der Waals surface area contributed by atoms with E-state index in [1.165, 1.54) is 6.07 Å². The summed E-state index contributed by atoms with van der Waals surface area (Å²) in [6, 6.07) is 2.94. The first-order chi connectivity index (χ1) is 7.87. The Morgan fingerprint density at radius 2 is 1.88 bits per heavy atom. The van der Waals surface area contributed by atoms with E-state index in [2.05, 4.69) is 0 Å². The van der Waals surface area contributed by atoms with Crippen molar-refractivity contribution in [3.63, 3.8) is 0 Å². The molecule has 1 aromatic carbocycles. The van der Waals surface area contributed by atoms with Crippen LogP contribution in [0.2, 0.25) is 0 Å². The molecule has 0 fully saturated rings. The lowest BCUT2D eigenvalue weighted by atomic mass is 9.92. The average Bonchev–Trinajstić information content (AvgIpc) is 2.60. The Hall–Kier alpha value is -1.36. The number of alkyl halides is 2. The molecule has 3 nitrogen and oxygen atoms in total. The first-order valence-corrected chi connectivity index (χ1v) is 5.36. The minimum atomic E-state index is -2.54. The van der Waals surface area contributed by atoms with E-state index in [-0.39, 0.29) is 12.4 Å². The van der Waals surface area contributed by atoms with Crippen molar-refractivity contribution in [1.82, 2.24) is 0 Å². The van der Waals surface area contributed by atoms with Gasteiger partial charge in [0.2, 0.25) is 6.79 Å². The van der Waals surface area contributed by atoms with Crippen LogP contribution in [-0.2, 0) is 6.42 Å². The Morgan fingerprint density at radius 3 is 2.41 bits per heavy atom. The van der Waals surface area contributed by atoms with Gasteiger partial charge in [-0.1, -0.05) is 0 Å². The van der Waals surface area contributed by atoms with Crippen molar-refractivity contribution in [2.75, 3.05) is 6.79 Å². The van der Waals surface area contributed by atoms with Gasteiger partial charge in [0.15, 0.2) is 11.5 Å². The molecule has 1 aromatic rings. The maximum atomic E-state index is 12.9. The largest absolute Gasteiger partial charge is 0.454 e. The highest BCUT2D eigenvalue weighted by Crippen LogP contribution is 2.38. The first kappa shape index (κ1) is 12.1. The Bertz CT molecular complexity index is 427. The molecule has 0 aliphatic carbocycles. The molecule has 0 spiro atoms. The molecule has 1 heterocycles. The van der Waals surface area contributed by atoms with Crippen LogP contribution in [0.4, 0.5) is 8.78 Å². The summed E-state index contributed by atoms with van der Waals surface area (Å²) in [6.07, 6.45) is -2.18. The van der Waals surface area contributed by atoms with Gasteiger partial charge in [-0.15, -0.1) is 0 Å². The lowest BCUT2D eigenvalue weighted by molar-refractivity contribution is 0.149. The Labute approximate surface area is 98.5 Å². The maximum Gasteiger partial charge on any atom is 0.264 e. The van der Waals surface area contributed by atoms with Gasteiger partial charge in [-0.3, -0.25) is 0 Å². The van der Waals surface area contributed by atoms with Crippen LogP contribution in [0.1, 0.15) is 31.4 Å². The zero-order valence-electron chi connectivity index (χ0n) is 9.80. The van der Waals surface area contributed by atoms with Gasteiger partial charge in [0.25, 0.3) is 6.43 Å². The van der Waals surface area contributed by atoms with Crippen molar-refractivity contribution in [2.45, 2.75) is 32.2 Å². The van der Waals surface area contributed by atoms with Gasteiger partial charge >= 0.3 is 0 Å². The third kappa shape index (κ3) is 2.66. The predicted molar refractivity (Wildman–Crippen MR) is 59.5 cm³/mol. The van der Waals surface area contributed by atoms with Gasteiger partial charge in [-0.2, -0.15) is 0 Å². The molecule has 0 saturated carbocycles. The summed E-state index contributed by atoms with van der Waals surface area (Å²) in [5, 5.41) is 0. The second-order valence-electron chi connectivity index (χ2n) is 4.87. The topological polar surface area (TPSA) is 44.5 Å². The molecule has 5 heteroatoms. The van der Waals surface area contributed by atoms with Crippen LogP contribution in [0.15, 0.2) is 12.1 Å². The monoisotopic (exact) mass is 243 g/mol. The highest BCUT2D eigenvalue weighted by molar-refractivity contribution is 5.49. The van der Waals surface area contributed by atoms with Gasteiger partial charge in [-0.05, 0) is 38.0 Å².